The minimum atomic E-state index is 0.895. The predicted octanol–water partition coefficient (Wildman–Crippen LogP) is 14.6. The minimum absolute atomic E-state index is 0.895. The second-order valence-corrected chi connectivity index (χ2v) is 14.1. The zero-order valence-corrected chi connectivity index (χ0v) is 29.9. The van der Waals surface area contributed by atoms with Crippen molar-refractivity contribution in [2.75, 3.05) is 4.90 Å². The van der Waals surface area contributed by atoms with Crippen molar-refractivity contribution in [3.63, 3.8) is 0 Å². The van der Waals surface area contributed by atoms with Gasteiger partial charge in [0.15, 0.2) is 5.58 Å². The van der Waals surface area contributed by atoms with Crippen molar-refractivity contribution >= 4 is 71.6 Å². The standard InChI is InChI=1S/C52H34N2O/c1-3-13-35(14-4-1)36-23-28-41(29-24-36)53(49-34-39-15-7-8-18-43(39)44-19-9-10-20-45(44)49)42-30-25-37(26-31-42)38-27-32-48-47(33-38)52-51(46-21-11-12-22-50(46)55-52)54(48)40-16-5-2-6-17-40/h1-34H. The summed E-state index contributed by atoms with van der Waals surface area (Å²) in [5.74, 6) is 0. The molecule has 0 unspecified atom stereocenters. The van der Waals surface area contributed by atoms with Gasteiger partial charge in [-0.3, -0.25) is 0 Å². The summed E-state index contributed by atoms with van der Waals surface area (Å²) in [4.78, 5) is 2.40. The molecule has 0 N–H and O–H groups in total. The van der Waals surface area contributed by atoms with Crippen LogP contribution in [0.1, 0.15) is 0 Å². The molecule has 11 rings (SSSR count). The van der Waals surface area contributed by atoms with Crippen molar-refractivity contribution in [2.24, 2.45) is 0 Å². The van der Waals surface area contributed by atoms with E-state index in [0.717, 1.165) is 66.8 Å². The number of fused-ring (bicyclic) bond motifs is 8. The summed E-state index contributed by atoms with van der Waals surface area (Å²) in [6.07, 6.45) is 0. The fourth-order valence-electron chi connectivity index (χ4n) is 8.38. The summed E-state index contributed by atoms with van der Waals surface area (Å²) in [5.41, 5.74) is 13.2. The maximum atomic E-state index is 6.58. The fourth-order valence-corrected chi connectivity index (χ4v) is 8.38. The van der Waals surface area contributed by atoms with Gasteiger partial charge in [0.25, 0.3) is 0 Å². The molecule has 0 amide bonds. The lowest BCUT2D eigenvalue weighted by atomic mass is 9.98. The Balaban J connectivity index is 1.06. The quantitative estimate of drug-likeness (QED) is 0.161. The third-order valence-corrected chi connectivity index (χ3v) is 11.0. The van der Waals surface area contributed by atoms with Crippen LogP contribution in [0.2, 0.25) is 0 Å². The molecule has 3 nitrogen and oxygen atoms in total. The molecule has 0 aliphatic rings. The molecule has 0 radical (unpaired) electrons. The third kappa shape index (κ3) is 5.13. The molecule has 2 aromatic heterocycles. The molecule has 3 heteroatoms. The Bertz CT molecular complexity index is 3180. The van der Waals surface area contributed by atoms with Crippen LogP contribution in [0.3, 0.4) is 0 Å². The lowest BCUT2D eigenvalue weighted by Crippen LogP contribution is -2.10. The SMILES string of the molecule is c1ccc(-c2ccc(N(c3ccc(-c4ccc5c(c4)c4oc6ccccc6c4n5-c4ccccc4)cc3)c3cc4ccccc4c4ccccc34)cc2)cc1. The number of benzene rings is 9. The van der Waals surface area contributed by atoms with E-state index in [1.807, 2.05) is 6.07 Å². The van der Waals surface area contributed by atoms with Crippen molar-refractivity contribution in [3.8, 4) is 27.9 Å². The van der Waals surface area contributed by atoms with E-state index in [1.165, 1.54) is 32.7 Å². The number of anilines is 3. The van der Waals surface area contributed by atoms with Crippen LogP contribution in [0, 0.1) is 0 Å². The molecule has 0 aliphatic heterocycles. The fraction of sp³-hybridized carbons (Fsp3) is 0. The number of para-hydroxylation sites is 2. The first-order valence-electron chi connectivity index (χ1n) is 18.8. The number of aromatic nitrogens is 1. The summed E-state index contributed by atoms with van der Waals surface area (Å²) in [7, 11) is 0. The van der Waals surface area contributed by atoms with Gasteiger partial charge in [-0.15, -0.1) is 0 Å². The van der Waals surface area contributed by atoms with Crippen LogP contribution >= 0.6 is 0 Å². The molecule has 0 saturated heterocycles. The Morgan fingerprint density at radius 1 is 0.382 bits per heavy atom. The van der Waals surface area contributed by atoms with Crippen LogP contribution in [-0.2, 0) is 0 Å². The Kier molecular flexibility index (Phi) is 7.17. The molecule has 0 fully saturated rings. The van der Waals surface area contributed by atoms with E-state index in [2.05, 4.69) is 210 Å². The molecule has 9 aromatic carbocycles. The van der Waals surface area contributed by atoms with E-state index in [-0.39, 0.29) is 0 Å². The molecule has 2 heterocycles. The van der Waals surface area contributed by atoms with E-state index < -0.39 is 0 Å². The number of hydrogen-bond donors (Lipinski definition) is 0. The van der Waals surface area contributed by atoms with Gasteiger partial charge in [-0.25, -0.2) is 0 Å². The first-order valence-corrected chi connectivity index (χ1v) is 18.8. The molecule has 55 heavy (non-hydrogen) atoms. The van der Waals surface area contributed by atoms with E-state index in [0.29, 0.717) is 0 Å². The number of furan rings is 1. The first-order chi connectivity index (χ1) is 27.3. The van der Waals surface area contributed by atoms with Crippen molar-refractivity contribution < 1.29 is 4.42 Å². The monoisotopic (exact) mass is 702 g/mol. The number of nitrogens with zero attached hydrogens (tertiary/aromatic N) is 2. The van der Waals surface area contributed by atoms with Crippen molar-refractivity contribution in [2.45, 2.75) is 0 Å². The summed E-state index contributed by atoms with van der Waals surface area (Å²) in [6.45, 7) is 0. The normalized spacial score (nSPS) is 11.6. The van der Waals surface area contributed by atoms with Crippen molar-refractivity contribution in [3.05, 3.63) is 206 Å². The average molecular weight is 703 g/mol. The Morgan fingerprint density at radius 2 is 0.927 bits per heavy atom. The smallest absolute Gasteiger partial charge is 0.161 e. The predicted molar refractivity (Wildman–Crippen MR) is 231 cm³/mol. The second kappa shape index (κ2) is 12.6. The molecular weight excluding hydrogens is 669 g/mol. The average Bonchev–Trinajstić information content (AvgIpc) is 3.79. The molecule has 0 atom stereocenters. The second-order valence-electron chi connectivity index (χ2n) is 14.1. The van der Waals surface area contributed by atoms with Crippen LogP contribution in [0.25, 0.3) is 82.5 Å². The van der Waals surface area contributed by atoms with Gasteiger partial charge in [-0.1, -0.05) is 140 Å². The van der Waals surface area contributed by atoms with Gasteiger partial charge in [-0.05, 0) is 105 Å². The molecule has 0 aliphatic carbocycles. The molecule has 0 saturated carbocycles. The van der Waals surface area contributed by atoms with E-state index in [4.69, 9.17) is 4.42 Å². The summed E-state index contributed by atoms with van der Waals surface area (Å²) in [5, 5.41) is 7.13. The molecule has 11 aromatic rings. The van der Waals surface area contributed by atoms with E-state index in [1.54, 1.807) is 0 Å². The van der Waals surface area contributed by atoms with Gasteiger partial charge < -0.3 is 13.9 Å². The van der Waals surface area contributed by atoms with Gasteiger partial charge in [0.1, 0.15) is 11.1 Å². The lowest BCUT2D eigenvalue weighted by molar-refractivity contribution is 0.673. The number of rotatable bonds is 6. The molecule has 0 spiro atoms. The third-order valence-electron chi connectivity index (χ3n) is 11.0. The minimum Gasteiger partial charge on any atom is -0.454 e. The van der Waals surface area contributed by atoms with Crippen LogP contribution < -0.4 is 4.90 Å². The highest BCUT2D eigenvalue weighted by atomic mass is 16.3. The van der Waals surface area contributed by atoms with Crippen LogP contribution in [0.5, 0.6) is 0 Å². The summed E-state index contributed by atoms with van der Waals surface area (Å²) < 4.78 is 8.91. The van der Waals surface area contributed by atoms with E-state index in [9.17, 15) is 0 Å². The zero-order chi connectivity index (χ0) is 36.3. The molecule has 0 bridgehead atoms. The number of hydrogen-bond acceptors (Lipinski definition) is 2. The van der Waals surface area contributed by atoms with Gasteiger partial charge in [0.05, 0.1) is 11.2 Å². The lowest BCUT2D eigenvalue weighted by Gasteiger charge is -2.28. The maximum Gasteiger partial charge on any atom is 0.161 e. The van der Waals surface area contributed by atoms with Gasteiger partial charge in [0, 0.05) is 33.2 Å². The van der Waals surface area contributed by atoms with Gasteiger partial charge in [0.2, 0.25) is 0 Å². The van der Waals surface area contributed by atoms with Crippen molar-refractivity contribution in [1.29, 1.82) is 0 Å². The van der Waals surface area contributed by atoms with E-state index >= 15 is 0 Å². The topological polar surface area (TPSA) is 21.3 Å². The molecular formula is C52H34N2O. The van der Waals surface area contributed by atoms with Crippen LogP contribution in [-0.4, -0.2) is 4.57 Å². The summed E-state index contributed by atoms with van der Waals surface area (Å²) >= 11 is 0. The van der Waals surface area contributed by atoms with Crippen LogP contribution in [0.4, 0.5) is 17.1 Å². The van der Waals surface area contributed by atoms with Gasteiger partial charge in [-0.2, -0.15) is 0 Å². The van der Waals surface area contributed by atoms with Gasteiger partial charge >= 0.3 is 0 Å². The highest BCUT2D eigenvalue weighted by Gasteiger charge is 2.21. The summed E-state index contributed by atoms with van der Waals surface area (Å²) in [6, 6.07) is 73.9. The largest absolute Gasteiger partial charge is 0.454 e. The Labute approximate surface area is 318 Å². The van der Waals surface area contributed by atoms with Crippen molar-refractivity contribution in [1.82, 2.24) is 4.57 Å². The van der Waals surface area contributed by atoms with Crippen LogP contribution in [0.15, 0.2) is 211 Å². The first kappa shape index (κ1) is 31.2. The Hall–Kier alpha value is -7.36. The Morgan fingerprint density at radius 3 is 1.65 bits per heavy atom. The highest BCUT2D eigenvalue weighted by molar-refractivity contribution is 6.17. The highest BCUT2D eigenvalue weighted by Crippen LogP contribution is 2.44. The zero-order valence-electron chi connectivity index (χ0n) is 29.9. The maximum absolute atomic E-state index is 6.58. The molecule has 258 valence electrons.